The highest BCUT2D eigenvalue weighted by molar-refractivity contribution is 5.71. The Kier molecular flexibility index (Phi) is 48.0. The molecule has 0 aliphatic rings. The molecule has 0 aromatic rings. The molecule has 0 rings (SSSR count). The summed E-state index contributed by atoms with van der Waals surface area (Å²) in [6.45, 7) is 6.34. The molecule has 0 aromatic carbocycles. The van der Waals surface area contributed by atoms with Gasteiger partial charge in [0.15, 0.2) is 6.10 Å². The molecule has 0 fully saturated rings. The lowest BCUT2D eigenvalue weighted by Gasteiger charge is -2.18. The van der Waals surface area contributed by atoms with Gasteiger partial charge in [0, 0.05) is 19.3 Å². The van der Waals surface area contributed by atoms with Crippen LogP contribution in [-0.4, -0.2) is 37.2 Å². The van der Waals surface area contributed by atoms with Gasteiger partial charge in [-0.3, -0.25) is 14.4 Å². The zero-order valence-corrected chi connectivity index (χ0v) is 40.8. The van der Waals surface area contributed by atoms with Crippen LogP contribution in [0.5, 0.6) is 0 Å². The lowest BCUT2D eigenvalue weighted by atomic mass is 10.1. The maximum absolute atomic E-state index is 12.8. The van der Waals surface area contributed by atoms with E-state index in [2.05, 4.69) is 118 Å². The van der Waals surface area contributed by atoms with Gasteiger partial charge in [0.1, 0.15) is 13.2 Å². The van der Waals surface area contributed by atoms with E-state index in [1.165, 1.54) is 70.6 Å². The van der Waals surface area contributed by atoms with Crippen LogP contribution in [0.3, 0.4) is 0 Å². The van der Waals surface area contributed by atoms with Gasteiger partial charge in [-0.1, -0.05) is 221 Å². The Bertz CT molecular complexity index is 1280. The van der Waals surface area contributed by atoms with Gasteiger partial charge in [-0.05, 0) is 83.5 Å². The monoisotopic (exact) mass is 875 g/mol. The third kappa shape index (κ3) is 49.2. The van der Waals surface area contributed by atoms with Crippen molar-refractivity contribution < 1.29 is 28.6 Å². The van der Waals surface area contributed by atoms with Gasteiger partial charge in [-0.2, -0.15) is 0 Å². The molecule has 358 valence electrons. The second kappa shape index (κ2) is 51.0. The van der Waals surface area contributed by atoms with Crippen LogP contribution >= 0.6 is 0 Å². The Hall–Kier alpha value is -3.67. The molecule has 0 saturated heterocycles. The number of ether oxygens (including phenoxy) is 3. The van der Waals surface area contributed by atoms with E-state index < -0.39 is 6.10 Å². The molecule has 0 N–H and O–H groups in total. The molecule has 0 radical (unpaired) electrons. The zero-order chi connectivity index (χ0) is 45.8. The number of hydrogen-bond donors (Lipinski definition) is 0. The van der Waals surface area contributed by atoms with Crippen LogP contribution in [0.25, 0.3) is 0 Å². The fourth-order valence-corrected chi connectivity index (χ4v) is 6.82. The number of unbranched alkanes of at least 4 members (excludes halogenated alkanes) is 20. The number of carbonyl (C=O) groups excluding carboxylic acids is 3. The highest BCUT2D eigenvalue weighted by atomic mass is 16.6. The maximum atomic E-state index is 12.8. The van der Waals surface area contributed by atoms with Crippen molar-refractivity contribution in [3.63, 3.8) is 0 Å². The average Bonchev–Trinajstić information content (AvgIpc) is 3.28. The van der Waals surface area contributed by atoms with E-state index in [1.807, 2.05) is 0 Å². The summed E-state index contributed by atoms with van der Waals surface area (Å²) < 4.78 is 16.8. The van der Waals surface area contributed by atoms with E-state index >= 15 is 0 Å². The normalized spacial score (nSPS) is 12.9. The predicted molar refractivity (Wildman–Crippen MR) is 270 cm³/mol. The SMILES string of the molecule is CC\C=C/C=C\C=C/CCCCCCCCCC(=O)OC(COC(=O)CCCCC/C=C\C/C=C\C/C=C\C/C=C\C/C=C\CC)COC(=O)CCCCCCCCCCCCC. The number of hydrogen-bond acceptors (Lipinski definition) is 6. The molecule has 0 amide bonds. The average molecular weight is 875 g/mol. The molecule has 63 heavy (non-hydrogen) atoms. The summed E-state index contributed by atoms with van der Waals surface area (Å²) in [5.74, 6) is -0.942. The summed E-state index contributed by atoms with van der Waals surface area (Å²) in [5, 5.41) is 0. The number of carbonyl (C=O) groups is 3. The van der Waals surface area contributed by atoms with Gasteiger partial charge in [0.25, 0.3) is 0 Å². The summed E-state index contributed by atoms with van der Waals surface area (Å²) in [4.78, 5) is 38.0. The van der Waals surface area contributed by atoms with Gasteiger partial charge in [-0.15, -0.1) is 0 Å². The fraction of sp³-hybridized carbons (Fsp3) is 0.667. The van der Waals surface area contributed by atoms with E-state index in [4.69, 9.17) is 14.2 Å². The van der Waals surface area contributed by atoms with Crippen molar-refractivity contribution in [2.45, 2.75) is 232 Å². The third-order valence-corrected chi connectivity index (χ3v) is 10.6. The molecule has 1 unspecified atom stereocenters. The first-order chi connectivity index (χ1) is 31.0. The van der Waals surface area contributed by atoms with Crippen molar-refractivity contribution in [3.8, 4) is 0 Å². The Morgan fingerprint density at radius 2 is 0.698 bits per heavy atom. The Balaban J connectivity index is 4.45. The van der Waals surface area contributed by atoms with E-state index in [-0.39, 0.29) is 31.1 Å². The molecule has 1 atom stereocenters. The van der Waals surface area contributed by atoms with E-state index in [9.17, 15) is 14.4 Å². The van der Waals surface area contributed by atoms with E-state index in [0.29, 0.717) is 19.3 Å². The lowest BCUT2D eigenvalue weighted by Crippen LogP contribution is -2.30. The topological polar surface area (TPSA) is 78.9 Å². The van der Waals surface area contributed by atoms with Crippen LogP contribution in [0.15, 0.2) is 97.2 Å². The molecule has 0 spiro atoms. The standard InChI is InChI=1S/C57H94O6/c1-4-7-10-13-16-19-22-24-26-27-28-29-31-32-35-38-41-44-47-50-56(59)62-53-54(52-61-55(58)49-46-43-40-37-34-21-18-15-12-9-6-3)63-57(60)51-48-45-42-39-36-33-30-25-23-20-17-14-11-8-5-2/h7-8,10-11,14,16-17,19-20,23-24,26,28-29,32,35,54H,4-6,9,12-13,15,18,21-22,25,27,30-31,33-34,36-53H2,1-3H3/b10-7-,11-8-,17-14-,19-16-,23-20-,26-24-,29-28-,35-32-. The van der Waals surface area contributed by atoms with Crippen LogP contribution in [-0.2, 0) is 28.6 Å². The van der Waals surface area contributed by atoms with Crippen molar-refractivity contribution in [1.82, 2.24) is 0 Å². The highest BCUT2D eigenvalue weighted by Gasteiger charge is 2.19. The number of rotatable bonds is 45. The molecule has 0 heterocycles. The molecule has 0 saturated carbocycles. The lowest BCUT2D eigenvalue weighted by molar-refractivity contribution is -0.167. The van der Waals surface area contributed by atoms with Crippen molar-refractivity contribution in [3.05, 3.63) is 97.2 Å². The highest BCUT2D eigenvalue weighted by Crippen LogP contribution is 2.14. The van der Waals surface area contributed by atoms with Gasteiger partial charge in [0.2, 0.25) is 0 Å². The molecule has 0 bridgehead atoms. The van der Waals surface area contributed by atoms with Crippen molar-refractivity contribution in [2.24, 2.45) is 0 Å². The van der Waals surface area contributed by atoms with Gasteiger partial charge >= 0.3 is 17.9 Å². The maximum Gasteiger partial charge on any atom is 0.306 e. The van der Waals surface area contributed by atoms with Crippen LogP contribution in [0, 0.1) is 0 Å². The largest absolute Gasteiger partial charge is 0.462 e. The Morgan fingerprint density at radius 1 is 0.349 bits per heavy atom. The minimum atomic E-state index is -0.796. The zero-order valence-electron chi connectivity index (χ0n) is 40.8. The van der Waals surface area contributed by atoms with Crippen LogP contribution in [0.1, 0.15) is 226 Å². The van der Waals surface area contributed by atoms with Crippen molar-refractivity contribution in [2.75, 3.05) is 13.2 Å². The van der Waals surface area contributed by atoms with Gasteiger partial charge in [-0.25, -0.2) is 0 Å². The molecule has 6 nitrogen and oxygen atoms in total. The first kappa shape index (κ1) is 59.3. The van der Waals surface area contributed by atoms with Crippen LogP contribution in [0.4, 0.5) is 0 Å². The second-order valence-electron chi connectivity index (χ2n) is 16.7. The molecule has 0 aliphatic carbocycles. The number of esters is 3. The summed E-state index contributed by atoms with van der Waals surface area (Å²) in [5.41, 5.74) is 0. The van der Waals surface area contributed by atoms with E-state index in [1.54, 1.807) is 0 Å². The quantitative estimate of drug-likeness (QED) is 0.0199. The molecule has 0 aromatic heterocycles. The first-order valence-corrected chi connectivity index (χ1v) is 25.8. The van der Waals surface area contributed by atoms with Crippen LogP contribution < -0.4 is 0 Å². The van der Waals surface area contributed by atoms with Gasteiger partial charge in [0.05, 0.1) is 0 Å². The minimum Gasteiger partial charge on any atom is -0.462 e. The summed E-state index contributed by atoms with van der Waals surface area (Å²) >= 11 is 0. The molecular formula is C57H94O6. The van der Waals surface area contributed by atoms with Crippen molar-refractivity contribution >= 4 is 17.9 Å². The summed E-state index contributed by atoms with van der Waals surface area (Å²) in [6.07, 6.45) is 66.7. The van der Waals surface area contributed by atoms with Crippen LogP contribution in [0.2, 0.25) is 0 Å². The molecule has 0 aliphatic heterocycles. The fourth-order valence-electron chi connectivity index (χ4n) is 6.82. The summed E-state index contributed by atoms with van der Waals surface area (Å²) in [7, 11) is 0. The van der Waals surface area contributed by atoms with Gasteiger partial charge < -0.3 is 14.2 Å². The minimum absolute atomic E-state index is 0.0927. The predicted octanol–water partition coefficient (Wildman–Crippen LogP) is 17.0. The first-order valence-electron chi connectivity index (χ1n) is 25.8. The number of allylic oxidation sites excluding steroid dienone is 16. The Morgan fingerprint density at radius 3 is 1.16 bits per heavy atom. The Labute approximate surface area is 387 Å². The van der Waals surface area contributed by atoms with E-state index in [0.717, 1.165) is 116 Å². The third-order valence-electron chi connectivity index (χ3n) is 10.6. The molecule has 6 heteroatoms. The molecular weight excluding hydrogens is 781 g/mol. The second-order valence-corrected chi connectivity index (χ2v) is 16.7. The van der Waals surface area contributed by atoms with Crippen molar-refractivity contribution in [1.29, 1.82) is 0 Å². The smallest absolute Gasteiger partial charge is 0.306 e. The summed E-state index contributed by atoms with van der Waals surface area (Å²) in [6, 6.07) is 0.